The fourth-order valence-electron chi connectivity index (χ4n) is 4.02. The van der Waals surface area contributed by atoms with Gasteiger partial charge in [-0.1, -0.05) is 0 Å². The van der Waals surface area contributed by atoms with E-state index in [2.05, 4.69) is 26.6 Å². The Morgan fingerprint density at radius 2 is 2.06 bits per heavy atom. The van der Waals surface area contributed by atoms with Crippen LogP contribution >= 0.6 is 0 Å². The maximum atomic E-state index is 13.2. The lowest BCUT2D eigenvalue weighted by Crippen LogP contribution is -2.58. The molecular formula is C21H24F3N7O. The molecular weight excluding hydrogens is 423 g/mol. The number of amidine groups is 1. The predicted molar refractivity (Wildman–Crippen MR) is 114 cm³/mol. The van der Waals surface area contributed by atoms with Gasteiger partial charge < -0.3 is 10.6 Å². The van der Waals surface area contributed by atoms with Crippen LogP contribution in [0.1, 0.15) is 31.0 Å². The van der Waals surface area contributed by atoms with E-state index >= 15 is 0 Å². The van der Waals surface area contributed by atoms with Crippen molar-refractivity contribution in [1.29, 1.82) is 0 Å². The highest BCUT2D eigenvalue weighted by Gasteiger charge is 2.40. The van der Waals surface area contributed by atoms with Crippen LogP contribution in [-0.4, -0.2) is 69.4 Å². The lowest BCUT2D eigenvalue weighted by molar-refractivity contribution is -0.137. The fourth-order valence-corrected chi connectivity index (χ4v) is 4.02. The van der Waals surface area contributed by atoms with Crippen molar-refractivity contribution < 1.29 is 18.0 Å². The zero-order valence-corrected chi connectivity index (χ0v) is 17.6. The Labute approximate surface area is 182 Å². The lowest BCUT2D eigenvalue weighted by atomic mass is 10.1. The highest BCUT2D eigenvalue weighted by molar-refractivity contribution is 6.01. The molecule has 2 fully saturated rings. The summed E-state index contributed by atoms with van der Waals surface area (Å²) in [6, 6.07) is 2.24. The van der Waals surface area contributed by atoms with Gasteiger partial charge in [-0.25, -0.2) is 15.0 Å². The van der Waals surface area contributed by atoms with Crippen molar-refractivity contribution in [2.75, 3.05) is 19.6 Å². The molecule has 0 radical (unpaired) electrons. The third kappa shape index (κ3) is 4.24. The average Bonchev–Trinajstić information content (AvgIpc) is 3.53. The summed E-state index contributed by atoms with van der Waals surface area (Å²) < 4.78 is 40.8. The number of imidazole rings is 1. The molecule has 170 valence electrons. The molecule has 11 heteroatoms. The number of nitrogens with two attached hydrogens (primary N) is 1. The number of alkyl halides is 3. The number of rotatable bonds is 5. The number of nitrogens with zero attached hydrogens (tertiary/aromatic N) is 6. The molecule has 0 spiro atoms. The van der Waals surface area contributed by atoms with E-state index in [1.165, 1.54) is 16.7 Å². The number of carbonyl (C=O) groups excluding carboxylic acids is 1. The van der Waals surface area contributed by atoms with E-state index in [9.17, 15) is 18.0 Å². The summed E-state index contributed by atoms with van der Waals surface area (Å²) in [6.45, 7) is 7.03. The van der Waals surface area contributed by atoms with Gasteiger partial charge in [-0.2, -0.15) is 13.2 Å². The summed E-state index contributed by atoms with van der Waals surface area (Å²) >= 11 is 0. The molecule has 2 aliphatic rings. The van der Waals surface area contributed by atoms with Crippen molar-refractivity contribution >= 4 is 24.1 Å². The molecule has 3 heterocycles. The number of halogens is 3. The Bertz CT molecular complexity index is 1100. The van der Waals surface area contributed by atoms with Gasteiger partial charge in [-0.05, 0) is 44.7 Å². The number of hydrogen-bond acceptors (Lipinski definition) is 5. The maximum Gasteiger partial charge on any atom is 0.417 e. The van der Waals surface area contributed by atoms with Crippen molar-refractivity contribution in [2.45, 2.75) is 38.0 Å². The number of fused-ring (bicyclic) bond motifs is 1. The zero-order valence-electron chi connectivity index (χ0n) is 17.6. The van der Waals surface area contributed by atoms with E-state index in [-0.39, 0.29) is 17.4 Å². The topological polar surface area (TPSA) is 91.6 Å². The summed E-state index contributed by atoms with van der Waals surface area (Å²) in [4.78, 5) is 28.8. The van der Waals surface area contributed by atoms with Crippen LogP contribution in [-0.2, 0) is 11.0 Å². The molecule has 1 saturated carbocycles. The van der Waals surface area contributed by atoms with E-state index in [0.717, 1.165) is 25.1 Å². The van der Waals surface area contributed by atoms with Crippen LogP contribution in [0.3, 0.4) is 0 Å². The van der Waals surface area contributed by atoms with Gasteiger partial charge in [0.15, 0.2) is 5.84 Å². The fraction of sp³-hybridized carbons (Fsp3) is 0.429. The number of hydrogen-bond donors (Lipinski definition) is 1. The summed E-state index contributed by atoms with van der Waals surface area (Å²) in [6.07, 6.45) is 1.78. The van der Waals surface area contributed by atoms with Crippen molar-refractivity contribution in [2.24, 2.45) is 15.7 Å². The Kier molecular flexibility index (Phi) is 5.76. The van der Waals surface area contributed by atoms with Crippen molar-refractivity contribution in [3.8, 4) is 0 Å². The second-order valence-electron chi connectivity index (χ2n) is 7.86. The Morgan fingerprint density at radius 1 is 1.31 bits per heavy atom. The molecule has 4 rings (SSSR count). The third-order valence-electron chi connectivity index (χ3n) is 5.78. The van der Waals surface area contributed by atoms with E-state index in [1.807, 2.05) is 4.90 Å². The van der Waals surface area contributed by atoms with Gasteiger partial charge in [0.1, 0.15) is 23.2 Å². The van der Waals surface area contributed by atoms with Crippen molar-refractivity contribution in [1.82, 2.24) is 19.2 Å². The average molecular weight is 447 g/mol. The minimum atomic E-state index is -4.49. The second kappa shape index (κ2) is 8.38. The largest absolute Gasteiger partial charge is 0.417 e. The van der Waals surface area contributed by atoms with Gasteiger partial charge in [-0.15, -0.1) is 0 Å². The molecule has 1 amide bonds. The van der Waals surface area contributed by atoms with Crippen LogP contribution < -0.4 is 5.73 Å². The van der Waals surface area contributed by atoms with Crippen LogP contribution in [0.5, 0.6) is 0 Å². The first-order chi connectivity index (χ1) is 15.2. The number of aromatic nitrogens is 2. The normalized spacial score (nSPS) is 21.2. The van der Waals surface area contributed by atoms with Gasteiger partial charge in [0.25, 0.3) is 0 Å². The van der Waals surface area contributed by atoms with Gasteiger partial charge in [-0.3, -0.25) is 14.1 Å². The molecule has 2 aromatic rings. The molecule has 1 aliphatic carbocycles. The highest BCUT2D eigenvalue weighted by Crippen LogP contribution is 2.31. The Hall–Kier alpha value is -3.21. The van der Waals surface area contributed by atoms with E-state index in [0.29, 0.717) is 37.1 Å². The predicted octanol–water partition coefficient (Wildman–Crippen LogP) is 2.30. The van der Waals surface area contributed by atoms with Crippen LogP contribution in [0.25, 0.3) is 5.65 Å². The Balaban J connectivity index is 1.65. The zero-order chi connectivity index (χ0) is 23.0. The molecule has 1 saturated heterocycles. The maximum absolute atomic E-state index is 13.2. The number of primary amides is 1. The number of carbonyl (C=O) groups is 1. The molecule has 8 nitrogen and oxygen atoms in total. The monoisotopic (exact) mass is 447 g/mol. The van der Waals surface area contributed by atoms with Gasteiger partial charge in [0, 0.05) is 31.9 Å². The van der Waals surface area contributed by atoms with Gasteiger partial charge >= 0.3 is 6.18 Å². The summed E-state index contributed by atoms with van der Waals surface area (Å²) in [7, 11) is 0. The van der Waals surface area contributed by atoms with Crippen LogP contribution in [0.4, 0.5) is 13.2 Å². The summed E-state index contributed by atoms with van der Waals surface area (Å²) in [5.41, 5.74) is 5.46. The van der Waals surface area contributed by atoms with E-state index in [4.69, 9.17) is 5.73 Å². The number of piperazine rings is 1. The van der Waals surface area contributed by atoms with Gasteiger partial charge in [0.05, 0.1) is 11.8 Å². The lowest BCUT2D eigenvalue weighted by Gasteiger charge is -2.41. The number of amides is 1. The van der Waals surface area contributed by atoms with Gasteiger partial charge in [0.2, 0.25) is 5.91 Å². The molecule has 2 aromatic heterocycles. The first kappa shape index (κ1) is 22.0. The first-order valence-electron chi connectivity index (χ1n) is 10.3. The number of pyridine rings is 1. The SMILES string of the molecule is C=NC(=N/C(=C\C)N1CCN(C2CC2)C(C(N)=O)C1)c1cnc2ccc(C(F)(F)F)cn12. The van der Waals surface area contributed by atoms with Crippen LogP contribution in [0.15, 0.2) is 46.4 Å². The van der Waals surface area contributed by atoms with Crippen LogP contribution in [0, 0.1) is 0 Å². The molecule has 1 aliphatic heterocycles. The van der Waals surface area contributed by atoms with E-state index < -0.39 is 17.8 Å². The molecule has 2 N–H and O–H groups in total. The standard InChI is InChI=1S/C21H24F3N7O/c1-3-17(29-8-9-30(14-5-6-14)16(12-29)19(25)32)28-20(26-2)15-10-27-18-7-4-13(11-31(15)18)21(22,23)24/h3-4,7,10-11,14,16H,2,5-6,8-9,12H2,1H3,(H2,25,32)/b17-3+,28-20?. The molecule has 1 unspecified atom stereocenters. The minimum Gasteiger partial charge on any atom is -0.368 e. The smallest absolute Gasteiger partial charge is 0.368 e. The molecule has 32 heavy (non-hydrogen) atoms. The molecule has 0 bridgehead atoms. The third-order valence-corrected chi connectivity index (χ3v) is 5.78. The van der Waals surface area contributed by atoms with Crippen LogP contribution in [0.2, 0.25) is 0 Å². The van der Waals surface area contributed by atoms with E-state index in [1.54, 1.807) is 13.0 Å². The minimum absolute atomic E-state index is 0.130. The first-order valence-corrected chi connectivity index (χ1v) is 10.3. The summed E-state index contributed by atoms with van der Waals surface area (Å²) in [5, 5.41) is 0. The molecule has 1 atom stereocenters. The van der Waals surface area contributed by atoms with Crippen molar-refractivity contribution in [3.63, 3.8) is 0 Å². The number of allylic oxidation sites excluding steroid dienone is 1. The quantitative estimate of drug-likeness (QED) is 0.563. The summed E-state index contributed by atoms with van der Waals surface area (Å²) in [5.74, 6) is 0.283. The second-order valence-corrected chi connectivity index (χ2v) is 7.86. The Morgan fingerprint density at radius 3 is 2.66 bits per heavy atom. The highest BCUT2D eigenvalue weighted by atomic mass is 19.4. The number of aliphatic imine (C=N–C) groups is 2. The van der Waals surface area contributed by atoms with Crippen molar-refractivity contribution in [3.05, 3.63) is 47.7 Å². The molecule has 0 aromatic carbocycles.